The standard InChI is InChI=1S/C22H24FN5O3/c1-30-20-7-10-24-21(26-20)27-11-8-18(9-12-27)28(15-19-6-3-13-31-19)22(29)25-17-5-2-4-16(23)14-17/h2-7,10,13-14,18H,8-9,11-12,15H2,1H3,(H,25,29). The number of urea groups is 1. The fourth-order valence-corrected chi connectivity index (χ4v) is 3.67. The van der Waals surface area contributed by atoms with Crippen molar-refractivity contribution in [2.75, 3.05) is 30.4 Å². The Hall–Kier alpha value is -3.62. The van der Waals surface area contributed by atoms with Crippen molar-refractivity contribution >= 4 is 17.7 Å². The van der Waals surface area contributed by atoms with E-state index in [4.69, 9.17) is 9.15 Å². The number of amides is 2. The van der Waals surface area contributed by atoms with Gasteiger partial charge in [0.05, 0.1) is 19.9 Å². The van der Waals surface area contributed by atoms with Crippen LogP contribution in [0.1, 0.15) is 18.6 Å². The van der Waals surface area contributed by atoms with Gasteiger partial charge in [0.15, 0.2) is 0 Å². The van der Waals surface area contributed by atoms with Crippen LogP contribution in [0.5, 0.6) is 5.88 Å². The van der Waals surface area contributed by atoms with Gasteiger partial charge in [0.2, 0.25) is 11.8 Å². The summed E-state index contributed by atoms with van der Waals surface area (Å²) < 4.78 is 24.2. The number of carbonyl (C=O) groups is 1. The number of nitrogens with zero attached hydrogens (tertiary/aromatic N) is 4. The second-order valence-electron chi connectivity index (χ2n) is 7.26. The molecule has 1 aliphatic heterocycles. The van der Waals surface area contributed by atoms with E-state index in [0.717, 1.165) is 12.8 Å². The summed E-state index contributed by atoms with van der Waals surface area (Å²) in [5, 5.41) is 2.80. The molecule has 0 unspecified atom stereocenters. The minimum atomic E-state index is -0.401. The fourth-order valence-electron chi connectivity index (χ4n) is 3.67. The highest BCUT2D eigenvalue weighted by atomic mass is 19.1. The fraction of sp³-hybridized carbons (Fsp3) is 0.318. The zero-order valence-corrected chi connectivity index (χ0v) is 17.2. The van der Waals surface area contributed by atoms with Crippen molar-refractivity contribution in [3.05, 3.63) is 66.5 Å². The first kappa shape index (κ1) is 20.6. The van der Waals surface area contributed by atoms with E-state index >= 15 is 0 Å². The first-order chi connectivity index (χ1) is 15.1. The molecule has 2 amide bonds. The topological polar surface area (TPSA) is 83.7 Å². The Labute approximate surface area is 179 Å². The highest BCUT2D eigenvalue weighted by Crippen LogP contribution is 2.24. The zero-order valence-electron chi connectivity index (χ0n) is 17.2. The van der Waals surface area contributed by atoms with Gasteiger partial charge in [-0.25, -0.2) is 14.2 Å². The van der Waals surface area contributed by atoms with Gasteiger partial charge in [-0.3, -0.25) is 0 Å². The van der Waals surface area contributed by atoms with Crippen molar-refractivity contribution in [2.24, 2.45) is 0 Å². The van der Waals surface area contributed by atoms with E-state index in [1.807, 2.05) is 6.07 Å². The van der Waals surface area contributed by atoms with E-state index < -0.39 is 5.82 Å². The Kier molecular flexibility index (Phi) is 6.30. The molecule has 0 radical (unpaired) electrons. The van der Waals surface area contributed by atoms with Gasteiger partial charge in [0, 0.05) is 37.1 Å². The van der Waals surface area contributed by atoms with Gasteiger partial charge in [-0.05, 0) is 43.2 Å². The maximum Gasteiger partial charge on any atom is 0.322 e. The van der Waals surface area contributed by atoms with Crippen LogP contribution in [-0.2, 0) is 6.54 Å². The summed E-state index contributed by atoms with van der Waals surface area (Å²) in [6.45, 7) is 1.72. The molecule has 9 heteroatoms. The third-order valence-corrected chi connectivity index (χ3v) is 5.26. The highest BCUT2D eigenvalue weighted by Gasteiger charge is 2.30. The molecule has 31 heavy (non-hydrogen) atoms. The second kappa shape index (κ2) is 9.46. The number of anilines is 2. The Balaban J connectivity index is 1.46. The average Bonchev–Trinajstić information content (AvgIpc) is 3.31. The molecule has 0 bridgehead atoms. The molecule has 3 aromatic rings. The van der Waals surface area contributed by atoms with Gasteiger partial charge >= 0.3 is 6.03 Å². The smallest absolute Gasteiger partial charge is 0.322 e. The maximum atomic E-state index is 13.5. The molecule has 1 saturated heterocycles. The number of hydrogen-bond acceptors (Lipinski definition) is 6. The first-order valence-electron chi connectivity index (χ1n) is 10.1. The molecule has 0 spiro atoms. The molecule has 0 aliphatic carbocycles. The molecule has 0 saturated carbocycles. The van der Waals surface area contributed by atoms with Crippen LogP contribution in [-0.4, -0.2) is 47.1 Å². The lowest BCUT2D eigenvalue weighted by Crippen LogP contribution is -2.48. The predicted octanol–water partition coefficient (Wildman–Crippen LogP) is 3.92. The number of benzene rings is 1. The summed E-state index contributed by atoms with van der Waals surface area (Å²) in [7, 11) is 1.57. The summed E-state index contributed by atoms with van der Waals surface area (Å²) in [5.41, 5.74) is 0.414. The van der Waals surface area contributed by atoms with Crippen molar-refractivity contribution in [1.82, 2.24) is 14.9 Å². The number of furan rings is 1. The molecular weight excluding hydrogens is 401 g/mol. The highest BCUT2D eigenvalue weighted by molar-refractivity contribution is 5.89. The normalized spacial score (nSPS) is 14.3. The van der Waals surface area contributed by atoms with Crippen molar-refractivity contribution < 1.29 is 18.3 Å². The molecule has 2 aromatic heterocycles. The van der Waals surface area contributed by atoms with Gasteiger partial charge in [0.25, 0.3) is 0 Å². The molecule has 4 rings (SSSR count). The summed E-state index contributed by atoms with van der Waals surface area (Å²) >= 11 is 0. The molecule has 1 N–H and O–H groups in total. The largest absolute Gasteiger partial charge is 0.481 e. The third kappa shape index (κ3) is 5.11. The first-order valence-corrected chi connectivity index (χ1v) is 10.1. The van der Waals surface area contributed by atoms with E-state index in [1.165, 1.54) is 12.1 Å². The summed E-state index contributed by atoms with van der Waals surface area (Å²) in [6, 6.07) is 10.9. The lowest BCUT2D eigenvalue weighted by atomic mass is 10.0. The number of methoxy groups -OCH3 is 1. The molecule has 3 heterocycles. The quantitative estimate of drug-likeness (QED) is 0.645. The van der Waals surface area contributed by atoms with Crippen molar-refractivity contribution in [3.63, 3.8) is 0 Å². The van der Waals surface area contributed by atoms with Gasteiger partial charge in [-0.2, -0.15) is 4.98 Å². The van der Waals surface area contributed by atoms with E-state index in [1.54, 1.807) is 48.7 Å². The van der Waals surface area contributed by atoms with Crippen LogP contribution in [0.2, 0.25) is 0 Å². The van der Waals surface area contributed by atoms with Crippen molar-refractivity contribution in [3.8, 4) is 5.88 Å². The summed E-state index contributed by atoms with van der Waals surface area (Å²) in [4.78, 5) is 25.6. The Morgan fingerprint density at radius 3 is 2.84 bits per heavy atom. The van der Waals surface area contributed by atoms with Crippen LogP contribution >= 0.6 is 0 Å². The SMILES string of the molecule is COc1ccnc(N2CCC(N(Cc3ccco3)C(=O)Nc3cccc(F)c3)CC2)n1. The summed E-state index contributed by atoms with van der Waals surface area (Å²) in [6.07, 6.45) is 4.72. The maximum absolute atomic E-state index is 13.5. The molecule has 1 aliphatic rings. The molecule has 0 atom stereocenters. The Morgan fingerprint density at radius 1 is 1.29 bits per heavy atom. The number of rotatable bonds is 6. The van der Waals surface area contributed by atoms with E-state index in [-0.39, 0.29) is 12.1 Å². The summed E-state index contributed by atoms with van der Waals surface area (Å²) in [5.74, 6) is 1.41. The lowest BCUT2D eigenvalue weighted by Gasteiger charge is -2.38. The van der Waals surface area contributed by atoms with Crippen LogP contribution in [0.3, 0.4) is 0 Å². The van der Waals surface area contributed by atoms with E-state index in [2.05, 4.69) is 20.2 Å². The minimum absolute atomic E-state index is 0.0134. The van der Waals surface area contributed by atoms with Crippen LogP contribution in [0.15, 0.2) is 59.3 Å². The number of carbonyl (C=O) groups excluding carboxylic acids is 1. The molecular formula is C22H24FN5O3. The molecule has 1 fully saturated rings. The van der Waals surface area contributed by atoms with Crippen LogP contribution in [0, 0.1) is 5.82 Å². The van der Waals surface area contributed by atoms with Crippen LogP contribution in [0.25, 0.3) is 0 Å². The third-order valence-electron chi connectivity index (χ3n) is 5.26. The second-order valence-corrected chi connectivity index (χ2v) is 7.26. The number of nitrogens with one attached hydrogen (secondary N) is 1. The Bertz CT molecular complexity index is 1010. The number of halogens is 1. The van der Waals surface area contributed by atoms with Gasteiger partial charge in [-0.1, -0.05) is 6.07 Å². The van der Waals surface area contributed by atoms with Gasteiger partial charge in [0.1, 0.15) is 11.6 Å². The van der Waals surface area contributed by atoms with Gasteiger partial charge < -0.3 is 24.3 Å². The number of aromatic nitrogens is 2. The monoisotopic (exact) mass is 425 g/mol. The van der Waals surface area contributed by atoms with Crippen LogP contribution < -0.4 is 15.0 Å². The number of piperidine rings is 1. The number of hydrogen-bond donors (Lipinski definition) is 1. The van der Waals surface area contributed by atoms with Gasteiger partial charge in [-0.15, -0.1) is 0 Å². The van der Waals surface area contributed by atoms with Crippen molar-refractivity contribution in [1.29, 1.82) is 0 Å². The zero-order chi connectivity index (χ0) is 21.6. The lowest BCUT2D eigenvalue weighted by molar-refractivity contribution is 0.163. The van der Waals surface area contributed by atoms with E-state index in [9.17, 15) is 9.18 Å². The average molecular weight is 425 g/mol. The Morgan fingerprint density at radius 2 is 2.13 bits per heavy atom. The minimum Gasteiger partial charge on any atom is -0.481 e. The number of ether oxygens (including phenoxy) is 1. The van der Waals surface area contributed by atoms with E-state index in [0.29, 0.717) is 42.9 Å². The van der Waals surface area contributed by atoms with Crippen molar-refractivity contribution in [2.45, 2.75) is 25.4 Å². The molecule has 162 valence electrons. The predicted molar refractivity (Wildman–Crippen MR) is 113 cm³/mol. The van der Waals surface area contributed by atoms with Crippen LogP contribution in [0.4, 0.5) is 20.8 Å². The molecule has 1 aromatic carbocycles. The molecule has 8 nitrogen and oxygen atoms in total.